The molecule has 0 aromatic heterocycles. The molecule has 0 aliphatic heterocycles. The van der Waals surface area contributed by atoms with Gasteiger partial charge in [0.15, 0.2) is 0 Å². The van der Waals surface area contributed by atoms with Crippen LogP contribution in [0.25, 0.3) is 0 Å². The van der Waals surface area contributed by atoms with Gasteiger partial charge in [-0.05, 0) is 46.4 Å². The van der Waals surface area contributed by atoms with Crippen molar-refractivity contribution in [2.45, 2.75) is 5.88 Å². The fourth-order valence-corrected chi connectivity index (χ4v) is 1.68. The molecule has 0 saturated heterocycles. The Labute approximate surface area is 84.1 Å². The first-order valence-electron chi connectivity index (χ1n) is 3.02. The Morgan fingerprint density at radius 3 is 2.73 bits per heavy atom. The van der Waals surface area contributed by atoms with Gasteiger partial charge in [-0.15, -0.1) is 11.6 Å². The van der Waals surface area contributed by atoms with Gasteiger partial charge in [0.05, 0.1) is 11.6 Å². The molecular formula is C8H5ClIN. The van der Waals surface area contributed by atoms with Gasteiger partial charge in [-0.2, -0.15) is 5.26 Å². The lowest BCUT2D eigenvalue weighted by Crippen LogP contribution is -1.83. The summed E-state index contributed by atoms with van der Waals surface area (Å²) in [6.07, 6.45) is 0. The summed E-state index contributed by atoms with van der Waals surface area (Å²) in [5, 5.41) is 8.59. The average molecular weight is 277 g/mol. The summed E-state index contributed by atoms with van der Waals surface area (Å²) in [6.45, 7) is 0. The van der Waals surface area contributed by atoms with Crippen molar-refractivity contribution in [3.8, 4) is 6.07 Å². The Morgan fingerprint density at radius 1 is 1.45 bits per heavy atom. The zero-order valence-electron chi connectivity index (χ0n) is 5.64. The maximum atomic E-state index is 8.59. The molecule has 1 rings (SSSR count). The van der Waals surface area contributed by atoms with Crippen molar-refractivity contribution in [1.82, 2.24) is 0 Å². The van der Waals surface area contributed by atoms with Crippen LogP contribution in [0, 0.1) is 14.9 Å². The molecule has 0 N–H and O–H groups in total. The lowest BCUT2D eigenvalue weighted by Gasteiger charge is -1.96. The standard InChI is InChI=1S/C8H5ClIN/c9-4-6-1-7(5-11)3-8(10)2-6/h1-3H,4H2. The van der Waals surface area contributed by atoms with Crippen LogP contribution in [0.1, 0.15) is 11.1 Å². The highest BCUT2D eigenvalue weighted by atomic mass is 127. The third-order valence-corrected chi connectivity index (χ3v) is 2.17. The highest BCUT2D eigenvalue weighted by molar-refractivity contribution is 14.1. The van der Waals surface area contributed by atoms with Crippen LogP contribution in [0.15, 0.2) is 18.2 Å². The molecule has 0 atom stereocenters. The molecule has 1 nitrogen and oxygen atoms in total. The minimum absolute atomic E-state index is 0.464. The van der Waals surface area contributed by atoms with E-state index >= 15 is 0 Å². The Kier molecular flexibility index (Phi) is 3.16. The number of hydrogen-bond acceptors (Lipinski definition) is 1. The van der Waals surface area contributed by atoms with E-state index in [1.165, 1.54) is 0 Å². The topological polar surface area (TPSA) is 23.8 Å². The second kappa shape index (κ2) is 3.93. The molecule has 0 heterocycles. The Hall–Kier alpha value is -0.270. The van der Waals surface area contributed by atoms with Crippen molar-refractivity contribution < 1.29 is 0 Å². The second-order valence-corrected chi connectivity index (χ2v) is 3.61. The zero-order chi connectivity index (χ0) is 8.27. The van der Waals surface area contributed by atoms with Crippen LogP contribution < -0.4 is 0 Å². The minimum Gasteiger partial charge on any atom is -0.192 e. The molecule has 0 bridgehead atoms. The SMILES string of the molecule is N#Cc1cc(I)cc(CCl)c1. The molecule has 0 aliphatic carbocycles. The van der Waals surface area contributed by atoms with Crippen molar-refractivity contribution in [2.75, 3.05) is 0 Å². The van der Waals surface area contributed by atoms with E-state index in [4.69, 9.17) is 16.9 Å². The van der Waals surface area contributed by atoms with Crippen molar-refractivity contribution in [1.29, 1.82) is 5.26 Å². The molecule has 11 heavy (non-hydrogen) atoms. The first-order valence-corrected chi connectivity index (χ1v) is 4.63. The smallest absolute Gasteiger partial charge is 0.0992 e. The van der Waals surface area contributed by atoms with E-state index in [-0.39, 0.29) is 0 Å². The number of nitriles is 1. The number of nitrogens with zero attached hydrogens (tertiary/aromatic N) is 1. The van der Waals surface area contributed by atoms with Crippen molar-refractivity contribution in [3.05, 3.63) is 32.9 Å². The zero-order valence-corrected chi connectivity index (χ0v) is 8.56. The molecule has 1 aromatic carbocycles. The van der Waals surface area contributed by atoms with Crippen molar-refractivity contribution in [3.63, 3.8) is 0 Å². The van der Waals surface area contributed by atoms with Crippen LogP contribution >= 0.6 is 34.2 Å². The molecule has 56 valence electrons. The van der Waals surface area contributed by atoms with Gasteiger partial charge in [-0.3, -0.25) is 0 Å². The molecule has 1 aromatic rings. The van der Waals surface area contributed by atoms with Crippen LogP contribution in [-0.4, -0.2) is 0 Å². The summed E-state index contributed by atoms with van der Waals surface area (Å²) in [5.41, 5.74) is 1.67. The molecule has 0 spiro atoms. The molecule has 0 fully saturated rings. The quantitative estimate of drug-likeness (QED) is 0.572. The van der Waals surface area contributed by atoms with Crippen LogP contribution in [0.5, 0.6) is 0 Å². The fraction of sp³-hybridized carbons (Fsp3) is 0.125. The predicted octanol–water partition coefficient (Wildman–Crippen LogP) is 2.90. The Balaban J connectivity index is 3.15. The van der Waals surface area contributed by atoms with E-state index in [2.05, 4.69) is 28.7 Å². The molecular weight excluding hydrogens is 272 g/mol. The van der Waals surface area contributed by atoms with Gasteiger partial charge in [0.25, 0.3) is 0 Å². The number of hydrogen-bond donors (Lipinski definition) is 0. The average Bonchev–Trinajstić information content (AvgIpc) is 2.03. The highest BCUT2D eigenvalue weighted by Crippen LogP contribution is 2.13. The van der Waals surface area contributed by atoms with Crippen molar-refractivity contribution in [2.24, 2.45) is 0 Å². The normalized spacial score (nSPS) is 9.18. The van der Waals surface area contributed by atoms with Gasteiger partial charge >= 0.3 is 0 Å². The second-order valence-electron chi connectivity index (χ2n) is 2.09. The van der Waals surface area contributed by atoms with Gasteiger partial charge in [0.1, 0.15) is 0 Å². The summed E-state index contributed by atoms with van der Waals surface area (Å²) in [4.78, 5) is 0. The van der Waals surface area contributed by atoms with Gasteiger partial charge in [0, 0.05) is 9.45 Å². The minimum atomic E-state index is 0.464. The van der Waals surface area contributed by atoms with Crippen molar-refractivity contribution >= 4 is 34.2 Å². The number of alkyl halides is 1. The van der Waals surface area contributed by atoms with E-state index < -0.39 is 0 Å². The molecule has 0 radical (unpaired) electrons. The molecule has 0 saturated carbocycles. The number of halogens is 2. The lowest BCUT2D eigenvalue weighted by atomic mass is 10.2. The monoisotopic (exact) mass is 277 g/mol. The van der Waals surface area contributed by atoms with Crippen LogP contribution in [0.2, 0.25) is 0 Å². The predicted molar refractivity (Wildman–Crippen MR) is 53.4 cm³/mol. The number of rotatable bonds is 1. The summed E-state index contributed by atoms with van der Waals surface area (Å²) >= 11 is 7.78. The molecule has 0 aliphatic rings. The van der Waals surface area contributed by atoms with E-state index in [1.54, 1.807) is 6.07 Å². The summed E-state index contributed by atoms with van der Waals surface area (Å²) in [6, 6.07) is 7.68. The summed E-state index contributed by atoms with van der Waals surface area (Å²) in [7, 11) is 0. The summed E-state index contributed by atoms with van der Waals surface area (Å²) in [5.74, 6) is 0.464. The molecule has 0 amide bonds. The van der Waals surface area contributed by atoms with Crippen LogP contribution in [-0.2, 0) is 5.88 Å². The van der Waals surface area contributed by atoms with Crippen LogP contribution in [0.4, 0.5) is 0 Å². The van der Waals surface area contributed by atoms with Gasteiger partial charge in [-0.25, -0.2) is 0 Å². The maximum Gasteiger partial charge on any atom is 0.0992 e. The van der Waals surface area contributed by atoms with Gasteiger partial charge in [-0.1, -0.05) is 0 Å². The largest absolute Gasteiger partial charge is 0.192 e. The lowest BCUT2D eigenvalue weighted by molar-refractivity contribution is 1.36. The van der Waals surface area contributed by atoms with E-state index in [0.29, 0.717) is 11.4 Å². The third-order valence-electron chi connectivity index (χ3n) is 1.24. The van der Waals surface area contributed by atoms with Gasteiger partial charge < -0.3 is 0 Å². The number of benzene rings is 1. The van der Waals surface area contributed by atoms with Gasteiger partial charge in [0.2, 0.25) is 0 Å². The molecule has 3 heteroatoms. The van der Waals surface area contributed by atoms with Crippen LogP contribution in [0.3, 0.4) is 0 Å². The Morgan fingerprint density at radius 2 is 2.18 bits per heavy atom. The first kappa shape index (κ1) is 8.82. The highest BCUT2D eigenvalue weighted by Gasteiger charge is 1.96. The fourth-order valence-electron chi connectivity index (χ4n) is 0.792. The van der Waals surface area contributed by atoms with E-state index in [1.807, 2.05) is 12.1 Å². The Bertz CT molecular complexity index is 303. The molecule has 0 unspecified atom stereocenters. The van der Waals surface area contributed by atoms with E-state index in [9.17, 15) is 0 Å². The van der Waals surface area contributed by atoms with E-state index in [0.717, 1.165) is 9.13 Å². The first-order chi connectivity index (χ1) is 5.26. The third kappa shape index (κ3) is 2.35. The maximum absolute atomic E-state index is 8.59. The summed E-state index contributed by atoms with van der Waals surface area (Å²) < 4.78 is 1.05.